The molecule has 114 valence electrons. The van der Waals surface area contributed by atoms with Gasteiger partial charge in [-0.2, -0.15) is 0 Å². The summed E-state index contributed by atoms with van der Waals surface area (Å²) in [5.74, 6) is 0.119. The van der Waals surface area contributed by atoms with Crippen LogP contribution < -0.4 is 0 Å². The number of hydrogen-bond acceptors (Lipinski definition) is 2. The van der Waals surface area contributed by atoms with Crippen LogP contribution in [0.15, 0.2) is 24.3 Å². The number of nitrogens with zero attached hydrogens (tertiary/aromatic N) is 2. The summed E-state index contributed by atoms with van der Waals surface area (Å²) in [6.45, 7) is 2.81. The van der Waals surface area contributed by atoms with Gasteiger partial charge in [0.1, 0.15) is 5.82 Å². The summed E-state index contributed by atoms with van der Waals surface area (Å²) in [6, 6.07) is 6.86. The molecule has 2 aliphatic rings. The van der Waals surface area contributed by atoms with E-state index in [2.05, 4.69) is 4.90 Å². The standard InChI is InChI=1S/C17H23FN2O/c1-19-16(21)6-8-17(19)7-3-10-20(11-9-17)13-14-4-2-5-15(18)12-14/h2,4-5,12H,3,6-11,13H2,1H3/t17-/m0/s1. The van der Waals surface area contributed by atoms with E-state index in [-0.39, 0.29) is 17.3 Å². The van der Waals surface area contributed by atoms with E-state index in [1.807, 2.05) is 18.0 Å². The van der Waals surface area contributed by atoms with Gasteiger partial charge in [0.2, 0.25) is 5.91 Å². The van der Waals surface area contributed by atoms with Crippen molar-refractivity contribution in [3.05, 3.63) is 35.6 Å². The Hall–Kier alpha value is -1.42. The van der Waals surface area contributed by atoms with Crippen LogP contribution in [0.2, 0.25) is 0 Å². The molecule has 2 saturated heterocycles. The van der Waals surface area contributed by atoms with Gasteiger partial charge in [0.05, 0.1) is 0 Å². The minimum atomic E-state index is -0.167. The quantitative estimate of drug-likeness (QED) is 0.836. The molecule has 2 fully saturated rings. The van der Waals surface area contributed by atoms with E-state index in [4.69, 9.17) is 0 Å². The average Bonchev–Trinajstić information content (AvgIpc) is 2.64. The molecule has 0 bridgehead atoms. The van der Waals surface area contributed by atoms with Gasteiger partial charge >= 0.3 is 0 Å². The highest BCUT2D eigenvalue weighted by atomic mass is 19.1. The minimum absolute atomic E-state index is 0.0772. The number of rotatable bonds is 2. The molecule has 1 spiro atoms. The summed E-state index contributed by atoms with van der Waals surface area (Å²) in [5.41, 5.74) is 1.11. The Balaban J connectivity index is 1.65. The predicted octanol–water partition coefficient (Wildman–Crippen LogP) is 2.80. The van der Waals surface area contributed by atoms with Crippen molar-refractivity contribution in [1.82, 2.24) is 9.80 Å². The Bertz CT molecular complexity index is 533. The second kappa shape index (κ2) is 5.76. The minimum Gasteiger partial charge on any atom is -0.340 e. The third-order valence-corrected chi connectivity index (χ3v) is 5.19. The van der Waals surface area contributed by atoms with E-state index in [0.717, 1.165) is 50.9 Å². The molecular formula is C17H23FN2O. The predicted molar refractivity (Wildman–Crippen MR) is 80.3 cm³/mol. The van der Waals surface area contributed by atoms with Crippen LogP contribution in [-0.4, -0.2) is 41.4 Å². The highest BCUT2D eigenvalue weighted by Gasteiger charge is 2.43. The highest BCUT2D eigenvalue weighted by Crippen LogP contribution is 2.38. The smallest absolute Gasteiger partial charge is 0.222 e. The van der Waals surface area contributed by atoms with E-state index >= 15 is 0 Å². The van der Waals surface area contributed by atoms with E-state index in [9.17, 15) is 9.18 Å². The maximum Gasteiger partial charge on any atom is 0.222 e. The van der Waals surface area contributed by atoms with Crippen molar-refractivity contribution in [2.24, 2.45) is 0 Å². The molecule has 1 atom stereocenters. The molecule has 1 aromatic rings. The molecular weight excluding hydrogens is 267 g/mol. The fourth-order valence-electron chi connectivity index (χ4n) is 3.81. The highest BCUT2D eigenvalue weighted by molar-refractivity contribution is 5.79. The van der Waals surface area contributed by atoms with Crippen LogP contribution in [0.5, 0.6) is 0 Å². The van der Waals surface area contributed by atoms with Gasteiger partial charge in [-0.15, -0.1) is 0 Å². The first-order valence-corrected chi connectivity index (χ1v) is 7.83. The zero-order valence-corrected chi connectivity index (χ0v) is 12.6. The van der Waals surface area contributed by atoms with E-state index in [0.29, 0.717) is 6.42 Å². The molecule has 2 heterocycles. The second-order valence-corrected chi connectivity index (χ2v) is 6.44. The molecule has 1 amide bonds. The second-order valence-electron chi connectivity index (χ2n) is 6.44. The fourth-order valence-corrected chi connectivity index (χ4v) is 3.81. The van der Waals surface area contributed by atoms with Gasteiger partial charge in [0.15, 0.2) is 0 Å². The number of carbonyl (C=O) groups is 1. The molecule has 1 aromatic carbocycles. The van der Waals surface area contributed by atoms with Crippen molar-refractivity contribution >= 4 is 5.91 Å². The Kier molecular flexibility index (Phi) is 3.98. The van der Waals surface area contributed by atoms with Crippen LogP contribution >= 0.6 is 0 Å². The first-order chi connectivity index (χ1) is 10.1. The Morgan fingerprint density at radius 2 is 2.10 bits per heavy atom. The first-order valence-electron chi connectivity index (χ1n) is 7.83. The molecule has 0 unspecified atom stereocenters. The summed E-state index contributed by atoms with van der Waals surface area (Å²) in [5, 5.41) is 0. The molecule has 0 N–H and O–H groups in total. The lowest BCUT2D eigenvalue weighted by atomic mass is 9.88. The molecule has 3 nitrogen and oxygen atoms in total. The number of halogens is 1. The van der Waals surface area contributed by atoms with Gasteiger partial charge in [-0.3, -0.25) is 9.69 Å². The lowest BCUT2D eigenvalue weighted by molar-refractivity contribution is -0.129. The van der Waals surface area contributed by atoms with Crippen LogP contribution in [0.4, 0.5) is 4.39 Å². The van der Waals surface area contributed by atoms with Crippen molar-refractivity contribution in [1.29, 1.82) is 0 Å². The van der Waals surface area contributed by atoms with Crippen molar-refractivity contribution in [2.45, 2.75) is 44.2 Å². The lowest BCUT2D eigenvalue weighted by Gasteiger charge is -2.35. The molecule has 0 radical (unpaired) electrons. The number of hydrogen-bond donors (Lipinski definition) is 0. The van der Waals surface area contributed by atoms with Gasteiger partial charge in [-0.1, -0.05) is 12.1 Å². The molecule has 0 aromatic heterocycles. The SMILES string of the molecule is CN1C(=O)CC[C@]12CCCN(Cc1cccc(F)c1)CC2. The molecule has 2 aliphatic heterocycles. The van der Waals surface area contributed by atoms with Gasteiger partial charge in [-0.25, -0.2) is 4.39 Å². The topological polar surface area (TPSA) is 23.6 Å². The van der Waals surface area contributed by atoms with Crippen LogP contribution in [-0.2, 0) is 11.3 Å². The molecule has 3 rings (SSSR count). The maximum absolute atomic E-state index is 13.3. The van der Waals surface area contributed by atoms with E-state index in [1.165, 1.54) is 6.07 Å². The van der Waals surface area contributed by atoms with Gasteiger partial charge < -0.3 is 4.90 Å². The summed E-state index contributed by atoms with van der Waals surface area (Å²) in [7, 11) is 1.96. The van der Waals surface area contributed by atoms with Gasteiger partial charge in [0.25, 0.3) is 0 Å². The van der Waals surface area contributed by atoms with Gasteiger partial charge in [0, 0.05) is 32.1 Å². The molecule has 0 aliphatic carbocycles. The molecule has 0 saturated carbocycles. The summed E-state index contributed by atoms with van der Waals surface area (Å²) < 4.78 is 13.3. The summed E-state index contributed by atoms with van der Waals surface area (Å²) in [4.78, 5) is 16.2. The fraction of sp³-hybridized carbons (Fsp3) is 0.588. The van der Waals surface area contributed by atoms with Crippen molar-refractivity contribution in [2.75, 3.05) is 20.1 Å². The normalized spacial score (nSPS) is 27.3. The first kappa shape index (κ1) is 14.5. The van der Waals surface area contributed by atoms with Crippen LogP contribution in [0.25, 0.3) is 0 Å². The lowest BCUT2D eigenvalue weighted by Crippen LogP contribution is -2.43. The average molecular weight is 290 g/mol. The Labute approximate surface area is 125 Å². The third-order valence-electron chi connectivity index (χ3n) is 5.19. The van der Waals surface area contributed by atoms with Gasteiger partial charge in [-0.05, 0) is 49.9 Å². The molecule has 4 heteroatoms. The van der Waals surface area contributed by atoms with Crippen LogP contribution in [0.3, 0.4) is 0 Å². The number of likely N-dealkylation sites (tertiary alicyclic amines) is 2. The van der Waals surface area contributed by atoms with Crippen molar-refractivity contribution < 1.29 is 9.18 Å². The summed E-state index contributed by atoms with van der Waals surface area (Å²) in [6.07, 6.45) is 4.92. The van der Waals surface area contributed by atoms with Crippen LogP contribution in [0.1, 0.15) is 37.7 Å². The zero-order chi connectivity index (χ0) is 14.9. The Morgan fingerprint density at radius 1 is 1.24 bits per heavy atom. The van der Waals surface area contributed by atoms with Crippen molar-refractivity contribution in [3.63, 3.8) is 0 Å². The number of carbonyl (C=O) groups excluding carboxylic acids is 1. The maximum atomic E-state index is 13.3. The van der Waals surface area contributed by atoms with Crippen LogP contribution in [0, 0.1) is 5.82 Å². The largest absolute Gasteiger partial charge is 0.340 e. The Morgan fingerprint density at radius 3 is 2.81 bits per heavy atom. The zero-order valence-electron chi connectivity index (χ0n) is 12.6. The number of benzene rings is 1. The van der Waals surface area contributed by atoms with E-state index < -0.39 is 0 Å². The summed E-state index contributed by atoms with van der Waals surface area (Å²) >= 11 is 0. The van der Waals surface area contributed by atoms with E-state index in [1.54, 1.807) is 12.1 Å². The monoisotopic (exact) mass is 290 g/mol. The third kappa shape index (κ3) is 2.95. The molecule has 21 heavy (non-hydrogen) atoms. The number of amides is 1. The van der Waals surface area contributed by atoms with Crippen molar-refractivity contribution in [3.8, 4) is 0 Å².